The van der Waals surface area contributed by atoms with Crippen molar-refractivity contribution in [3.05, 3.63) is 65.7 Å². The minimum Gasteiger partial charge on any atom is -0.236 e. The van der Waals surface area contributed by atoms with Crippen LogP contribution in [-0.2, 0) is 0 Å². The Hall–Kier alpha value is -1.90. The highest BCUT2D eigenvalue weighted by Gasteiger charge is 2.12. The molecule has 0 atom stereocenters. The highest BCUT2D eigenvalue weighted by atomic mass is 35.5. The normalized spacial score (nSPS) is 11.2. The van der Waals surface area contributed by atoms with Crippen LogP contribution in [-0.4, -0.2) is 4.98 Å². The molecule has 4 rings (SSSR count). The molecule has 0 aliphatic carbocycles. The number of fused-ring (bicyclic) bond motifs is 2. The van der Waals surface area contributed by atoms with E-state index in [1.807, 2.05) is 36.4 Å². The van der Waals surface area contributed by atoms with E-state index in [1.54, 1.807) is 11.3 Å². The van der Waals surface area contributed by atoms with Crippen LogP contribution in [0.15, 0.2) is 60.7 Å². The second kappa shape index (κ2) is 4.58. The summed E-state index contributed by atoms with van der Waals surface area (Å²) in [6.45, 7) is 0. The lowest BCUT2D eigenvalue weighted by Gasteiger charge is -2.05. The second-order valence-corrected chi connectivity index (χ2v) is 6.07. The van der Waals surface area contributed by atoms with Crippen LogP contribution < -0.4 is 0 Å². The molecule has 96 valence electrons. The first-order valence-electron chi connectivity index (χ1n) is 6.36. The maximum atomic E-state index is 6.43. The maximum absolute atomic E-state index is 6.43. The van der Waals surface area contributed by atoms with Crippen LogP contribution in [0.2, 0.25) is 5.02 Å². The number of nitrogens with zero attached hydrogens (tertiary/aromatic N) is 1. The number of hydrogen-bond acceptors (Lipinski definition) is 2. The van der Waals surface area contributed by atoms with Crippen molar-refractivity contribution in [1.29, 1.82) is 0 Å². The van der Waals surface area contributed by atoms with E-state index in [-0.39, 0.29) is 0 Å². The number of hydrogen-bond donors (Lipinski definition) is 0. The molecule has 0 fully saturated rings. The smallest absolute Gasteiger partial charge is 0.126 e. The van der Waals surface area contributed by atoms with E-state index in [0.29, 0.717) is 0 Å². The minimum absolute atomic E-state index is 0.753. The predicted octanol–water partition coefficient (Wildman–Crippen LogP) is 5.77. The van der Waals surface area contributed by atoms with Crippen LogP contribution in [0.25, 0.3) is 31.6 Å². The van der Waals surface area contributed by atoms with Crippen LogP contribution in [0.3, 0.4) is 0 Å². The molecule has 0 unspecified atom stereocenters. The summed E-state index contributed by atoms with van der Waals surface area (Å²) in [5.41, 5.74) is 2.06. The van der Waals surface area contributed by atoms with Gasteiger partial charge in [0.1, 0.15) is 5.01 Å². The van der Waals surface area contributed by atoms with Crippen LogP contribution in [0.4, 0.5) is 0 Å². The molecule has 0 amide bonds. The van der Waals surface area contributed by atoms with E-state index in [0.717, 1.165) is 26.5 Å². The summed E-state index contributed by atoms with van der Waals surface area (Å²) in [7, 11) is 0. The standard InChI is InChI=1S/C17H10ClNS/c18-13-10-9-11-5-1-2-6-12(11)16(13)17-19-14-7-3-4-8-15(14)20-17/h1-10H. The molecule has 0 saturated carbocycles. The largest absolute Gasteiger partial charge is 0.236 e. The molecule has 0 N–H and O–H groups in total. The number of para-hydroxylation sites is 1. The summed E-state index contributed by atoms with van der Waals surface area (Å²) < 4.78 is 1.19. The Morgan fingerprint density at radius 1 is 0.850 bits per heavy atom. The van der Waals surface area contributed by atoms with Crippen molar-refractivity contribution in [3.8, 4) is 10.6 Å². The molecule has 20 heavy (non-hydrogen) atoms. The van der Waals surface area contributed by atoms with Crippen molar-refractivity contribution in [2.24, 2.45) is 0 Å². The van der Waals surface area contributed by atoms with Crippen LogP contribution in [0.1, 0.15) is 0 Å². The van der Waals surface area contributed by atoms with E-state index >= 15 is 0 Å². The summed E-state index contributed by atoms with van der Waals surface area (Å²) in [5.74, 6) is 0. The van der Waals surface area contributed by atoms with Gasteiger partial charge in [-0.05, 0) is 29.0 Å². The van der Waals surface area contributed by atoms with Crippen LogP contribution in [0, 0.1) is 0 Å². The van der Waals surface area contributed by atoms with Gasteiger partial charge >= 0.3 is 0 Å². The Balaban J connectivity index is 2.08. The van der Waals surface area contributed by atoms with Crippen LogP contribution >= 0.6 is 22.9 Å². The SMILES string of the molecule is Clc1ccc2ccccc2c1-c1nc2ccccc2s1. The van der Waals surface area contributed by atoms with Crippen molar-refractivity contribution in [3.63, 3.8) is 0 Å². The van der Waals surface area contributed by atoms with Gasteiger partial charge in [-0.1, -0.05) is 54.1 Å². The summed E-state index contributed by atoms with van der Waals surface area (Å²) in [6, 6.07) is 20.5. The van der Waals surface area contributed by atoms with E-state index in [4.69, 9.17) is 16.6 Å². The van der Waals surface area contributed by atoms with Crippen molar-refractivity contribution in [2.75, 3.05) is 0 Å². The van der Waals surface area contributed by atoms with E-state index in [9.17, 15) is 0 Å². The molecule has 0 bridgehead atoms. The van der Waals surface area contributed by atoms with Gasteiger partial charge in [0.15, 0.2) is 0 Å². The number of halogens is 1. The molecule has 0 radical (unpaired) electrons. The summed E-state index contributed by atoms with van der Waals surface area (Å²) in [4.78, 5) is 4.73. The van der Waals surface area contributed by atoms with Gasteiger partial charge in [-0.2, -0.15) is 0 Å². The van der Waals surface area contributed by atoms with Gasteiger partial charge in [-0.15, -0.1) is 11.3 Å². The van der Waals surface area contributed by atoms with Gasteiger partial charge in [-0.25, -0.2) is 4.98 Å². The van der Waals surface area contributed by atoms with Crippen molar-refractivity contribution in [2.45, 2.75) is 0 Å². The second-order valence-electron chi connectivity index (χ2n) is 4.63. The van der Waals surface area contributed by atoms with Gasteiger partial charge < -0.3 is 0 Å². The minimum atomic E-state index is 0.753. The van der Waals surface area contributed by atoms with Crippen molar-refractivity contribution < 1.29 is 0 Å². The highest BCUT2D eigenvalue weighted by molar-refractivity contribution is 7.21. The zero-order valence-corrected chi connectivity index (χ0v) is 12.1. The molecule has 3 aromatic carbocycles. The first-order valence-corrected chi connectivity index (χ1v) is 7.55. The first kappa shape index (κ1) is 11.9. The number of benzene rings is 3. The fourth-order valence-corrected chi connectivity index (χ4v) is 3.79. The van der Waals surface area contributed by atoms with E-state index in [1.165, 1.54) is 10.1 Å². The third-order valence-electron chi connectivity index (χ3n) is 3.39. The lowest BCUT2D eigenvalue weighted by Crippen LogP contribution is -1.82. The molecular weight excluding hydrogens is 286 g/mol. The molecule has 3 heteroatoms. The number of aromatic nitrogens is 1. The van der Waals surface area contributed by atoms with Gasteiger partial charge in [0.25, 0.3) is 0 Å². The van der Waals surface area contributed by atoms with Gasteiger partial charge in [-0.3, -0.25) is 0 Å². The molecule has 0 spiro atoms. The molecule has 0 aliphatic heterocycles. The quantitative estimate of drug-likeness (QED) is 0.434. The zero-order valence-electron chi connectivity index (χ0n) is 10.5. The lowest BCUT2D eigenvalue weighted by molar-refractivity contribution is 1.49. The van der Waals surface area contributed by atoms with Gasteiger partial charge in [0.2, 0.25) is 0 Å². The molecule has 4 aromatic rings. The summed E-state index contributed by atoms with van der Waals surface area (Å²) >= 11 is 8.12. The monoisotopic (exact) mass is 295 g/mol. The molecule has 0 aliphatic rings. The van der Waals surface area contributed by atoms with Gasteiger partial charge in [0, 0.05) is 5.56 Å². The third kappa shape index (κ3) is 1.80. The predicted molar refractivity (Wildman–Crippen MR) is 87.6 cm³/mol. The zero-order chi connectivity index (χ0) is 13.5. The number of thiazole rings is 1. The Kier molecular flexibility index (Phi) is 2.72. The Morgan fingerprint density at radius 3 is 2.55 bits per heavy atom. The van der Waals surface area contributed by atoms with Crippen molar-refractivity contribution in [1.82, 2.24) is 4.98 Å². The lowest BCUT2D eigenvalue weighted by atomic mass is 10.1. The average molecular weight is 296 g/mol. The molecule has 1 aromatic heterocycles. The highest BCUT2D eigenvalue weighted by Crippen LogP contribution is 2.38. The van der Waals surface area contributed by atoms with E-state index < -0.39 is 0 Å². The summed E-state index contributed by atoms with van der Waals surface area (Å²) in [6.07, 6.45) is 0. The van der Waals surface area contributed by atoms with Crippen LogP contribution in [0.5, 0.6) is 0 Å². The van der Waals surface area contributed by atoms with Gasteiger partial charge in [0.05, 0.1) is 15.2 Å². The Labute approximate surface area is 125 Å². The Bertz CT molecular complexity index is 893. The summed E-state index contributed by atoms with van der Waals surface area (Å²) in [5, 5.41) is 4.07. The molecule has 0 saturated heterocycles. The molecular formula is C17H10ClNS. The fraction of sp³-hybridized carbons (Fsp3) is 0. The fourth-order valence-electron chi connectivity index (χ4n) is 2.44. The molecule has 1 heterocycles. The third-order valence-corrected chi connectivity index (χ3v) is 4.75. The van der Waals surface area contributed by atoms with Crippen molar-refractivity contribution >= 4 is 43.9 Å². The topological polar surface area (TPSA) is 12.9 Å². The average Bonchev–Trinajstić information content (AvgIpc) is 2.90. The number of rotatable bonds is 1. The first-order chi connectivity index (χ1) is 9.83. The van der Waals surface area contributed by atoms with E-state index in [2.05, 4.69) is 24.3 Å². The Morgan fingerprint density at radius 2 is 1.65 bits per heavy atom. The molecule has 1 nitrogen and oxygen atoms in total. The maximum Gasteiger partial charge on any atom is 0.126 e.